The molecule has 1 heterocycles. The quantitative estimate of drug-likeness (QED) is 0.790. The van der Waals surface area contributed by atoms with Crippen molar-refractivity contribution in [2.45, 2.75) is 6.04 Å². The summed E-state index contributed by atoms with van der Waals surface area (Å²) in [5.41, 5.74) is 0.526. The normalized spacial score (nSPS) is 23.2. The molecule has 1 aliphatic heterocycles. The van der Waals surface area contributed by atoms with E-state index in [-0.39, 0.29) is 6.04 Å². The predicted molar refractivity (Wildman–Crippen MR) is 56.4 cm³/mol. The Kier molecular flexibility index (Phi) is 3.14. The molecule has 1 N–H and O–H groups in total. The van der Waals surface area contributed by atoms with Crippen LogP contribution in [0.5, 0.6) is 0 Å². The zero-order valence-electron chi connectivity index (χ0n) is 8.84. The molecule has 16 heavy (non-hydrogen) atoms. The van der Waals surface area contributed by atoms with Gasteiger partial charge in [0.05, 0.1) is 12.6 Å². The van der Waals surface area contributed by atoms with Crippen LogP contribution < -0.4 is 5.32 Å². The molecular formula is C11H12F2N2O. The lowest BCUT2D eigenvalue weighted by atomic mass is 10.1. The second kappa shape index (κ2) is 4.57. The van der Waals surface area contributed by atoms with Gasteiger partial charge in [-0.2, -0.15) is 0 Å². The first-order valence-corrected chi connectivity index (χ1v) is 4.95. The Morgan fingerprint density at radius 3 is 2.62 bits per heavy atom. The Labute approximate surface area is 92.1 Å². The molecule has 1 unspecified atom stereocenters. The molecule has 1 aliphatic rings. The highest BCUT2D eigenvalue weighted by Gasteiger charge is 2.19. The summed E-state index contributed by atoms with van der Waals surface area (Å²) in [5.74, 6) is -0.490. The first-order valence-electron chi connectivity index (χ1n) is 4.95. The molecule has 1 fully saturated rings. The summed E-state index contributed by atoms with van der Waals surface area (Å²) >= 11 is 0. The van der Waals surface area contributed by atoms with Gasteiger partial charge >= 0.3 is 0 Å². The summed E-state index contributed by atoms with van der Waals surface area (Å²) < 4.78 is 31.3. The molecule has 2 rings (SSSR count). The van der Waals surface area contributed by atoms with Crippen LogP contribution >= 0.6 is 0 Å². The van der Waals surface area contributed by atoms with Gasteiger partial charge in [0.25, 0.3) is 0 Å². The topological polar surface area (TPSA) is 33.6 Å². The SMILES string of the molecule is CN=C1COCC(c2cc(F)cc(F)c2)N1. The lowest BCUT2D eigenvalue weighted by Crippen LogP contribution is -2.40. The van der Waals surface area contributed by atoms with Gasteiger partial charge in [0.2, 0.25) is 0 Å². The molecule has 0 radical (unpaired) electrons. The average molecular weight is 226 g/mol. The predicted octanol–water partition coefficient (Wildman–Crippen LogP) is 1.65. The molecule has 5 heteroatoms. The molecule has 0 amide bonds. The molecule has 86 valence electrons. The van der Waals surface area contributed by atoms with Crippen LogP contribution in [-0.2, 0) is 4.74 Å². The van der Waals surface area contributed by atoms with Crippen molar-refractivity contribution in [2.75, 3.05) is 20.3 Å². The van der Waals surface area contributed by atoms with Crippen molar-refractivity contribution < 1.29 is 13.5 Å². The Balaban J connectivity index is 2.23. The van der Waals surface area contributed by atoms with E-state index in [9.17, 15) is 8.78 Å². The standard InChI is InChI=1S/C11H12F2N2O/c1-14-11-6-16-5-10(15-11)7-2-8(12)4-9(13)3-7/h2-4,10H,5-6H2,1H3,(H,14,15). The van der Waals surface area contributed by atoms with Gasteiger partial charge in [0.1, 0.15) is 24.1 Å². The molecule has 1 atom stereocenters. The van der Waals surface area contributed by atoms with Gasteiger partial charge in [-0.3, -0.25) is 4.99 Å². The number of benzene rings is 1. The van der Waals surface area contributed by atoms with Gasteiger partial charge < -0.3 is 10.1 Å². The zero-order chi connectivity index (χ0) is 11.5. The number of rotatable bonds is 1. The average Bonchev–Trinajstić information content (AvgIpc) is 2.28. The van der Waals surface area contributed by atoms with Gasteiger partial charge in [-0.25, -0.2) is 8.78 Å². The first-order chi connectivity index (χ1) is 7.69. The molecule has 0 saturated carbocycles. The smallest absolute Gasteiger partial charge is 0.126 e. The summed E-state index contributed by atoms with van der Waals surface area (Å²) in [7, 11) is 1.64. The fraction of sp³-hybridized carbons (Fsp3) is 0.364. The van der Waals surface area contributed by atoms with E-state index in [2.05, 4.69) is 10.3 Å². The summed E-state index contributed by atoms with van der Waals surface area (Å²) in [6, 6.07) is 3.19. The number of nitrogens with one attached hydrogen (secondary N) is 1. The number of hydrogen-bond donors (Lipinski definition) is 1. The number of amidine groups is 1. The molecule has 0 spiro atoms. The minimum absolute atomic E-state index is 0.252. The fourth-order valence-electron chi connectivity index (χ4n) is 1.64. The van der Waals surface area contributed by atoms with Crippen LogP contribution in [-0.4, -0.2) is 26.1 Å². The molecule has 3 nitrogen and oxygen atoms in total. The van der Waals surface area contributed by atoms with Crippen LogP contribution in [0.1, 0.15) is 11.6 Å². The number of morpholine rings is 1. The van der Waals surface area contributed by atoms with Gasteiger partial charge in [-0.1, -0.05) is 0 Å². The third-order valence-electron chi connectivity index (χ3n) is 2.42. The van der Waals surface area contributed by atoms with E-state index >= 15 is 0 Å². The van der Waals surface area contributed by atoms with Gasteiger partial charge in [0, 0.05) is 13.1 Å². The number of nitrogens with zero attached hydrogens (tertiary/aromatic N) is 1. The zero-order valence-corrected chi connectivity index (χ0v) is 8.84. The third-order valence-corrected chi connectivity index (χ3v) is 2.42. The number of ether oxygens (including phenoxy) is 1. The van der Waals surface area contributed by atoms with Crippen LogP contribution in [0.3, 0.4) is 0 Å². The van der Waals surface area contributed by atoms with Crippen molar-refractivity contribution in [3.63, 3.8) is 0 Å². The lowest BCUT2D eigenvalue weighted by molar-refractivity contribution is 0.128. The summed E-state index contributed by atoms with van der Waals surface area (Å²) in [4.78, 5) is 3.96. The van der Waals surface area contributed by atoms with Crippen LogP contribution in [0.4, 0.5) is 8.78 Å². The van der Waals surface area contributed by atoms with Crippen LogP contribution in [0, 0.1) is 11.6 Å². The van der Waals surface area contributed by atoms with Crippen molar-refractivity contribution in [1.82, 2.24) is 5.32 Å². The van der Waals surface area contributed by atoms with E-state index < -0.39 is 11.6 Å². The van der Waals surface area contributed by atoms with E-state index in [4.69, 9.17) is 4.74 Å². The van der Waals surface area contributed by atoms with Crippen molar-refractivity contribution in [3.05, 3.63) is 35.4 Å². The van der Waals surface area contributed by atoms with E-state index in [1.165, 1.54) is 12.1 Å². The Morgan fingerprint density at radius 1 is 1.31 bits per heavy atom. The first kappa shape index (κ1) is 11.0. The minimum atomic E-state index is -0.586. The lowest BCUT2D eigenvalue weighted by Gasteiger charge is -2.26. The molecule has 0 aromatic heterocycles. The van der Waals surface area contributed by atoms with Crippen molar-refractivity contribution >= 4 is 5.84 Å². The molecule has 0 bridgehead atoms. The number of halogens is 2. The summed E-state index contributed by atoms with van der Waals surface area (Å²) in [6.07, 6.45) is 0. The van der Waals surface area contributed by atoms with Gasteiger partial charge in [0.15, 0.2) is 0 Å². The molecule has 0 aliphatic carbocycles. The van der Waals surface area contributed by atoms with E-state index in [1.807, 2.05) is 0 Å². The molecule has 1 saturated heterocycles. The highest BCUT2D eigenvalue weighted by molar-refractivity contribution is 5.84. The highest BCUT2D eigenvalue weighted by atomic mass is 19.1. The Hall–Kier alpha value is -1.49. The highest BCUT2D eigenvalue weighted by Crippen LogP contribution is 2.18. The third kappa shape index (κ3) is 2.36. The van der Waals surface area contributed by atoms with Crippen molar-refractivity contribution in [2.24, 2.45) is 4.99 Å². The van der Waals surface area contributed by atoms with Gasteiger partial charge in [-0.15, -0.1) is 0 Å². The van der Waals surface area contributed by atoms with Crippen LogP contribution in [0.15, 0.2) is 23.2 Å². The second-order valence-electron chi connectivity index (χ2n) is 3.59. The maximum Gasteiger partial charge on any atom is 0.126 e. The van der Waals surface area contributed by atoms with E-state index in [0.29, 0.717) is 24.6 Å². The molecule has 1 aromatic carbocycles. The van der Waals surface area contributed by atoms with E-state index in [0.717, 1.165) is 6.07 Å². The largest absolute Gasteiger partial charge is 0.371 e. The second-order valence-corrected chi connectivity index (χ2v) is 3.59. The van der Waals surface area contributed by atoms with Crippen molar-refractivity contribution in [1.29, 1.82) is 0 Å². The van der Waals surface area contributed by atoms with E-state index in [1.54, 1.807) is 7.05 Å². The molecule has 1 aromatic rings. The molecular weight excluding hydrogens is 214 g/mol. The maximum atomic E-state index is 13.0. The monoisotopic (exact) mass is 226 g/mol. The van der Waals surface area contributed by atoms with Crippen LogP contribution in [0.25, 0.3) is 0 Å². The maximum absolute atomic E-state index is 13.0. The Bertz CT molecular complexity index is 400. The fourth-order valence-corrected chi connectivity index (χ4v) is 1.64. The summed E-state index contributed by atoms with van der Waals surface area (Å²) in [6.45, 7) is 0.784. The van der Waals surface area contributed by atoms with Crippen LogP contribution in [0.2, 0.25) is 0 Å². The number of hydrogen-bond acceptors (Lipinski definition) is 2. The van der Waals surface area contributed by atoms with Gasteiger partial charge in [-0.05, 0) is 17.7 Å². The minimum Gasteiger partial charge on any atom is -0.371 e. The Morgan fingerprint density at radius 2 is 2.00 bits per heavy atom. The number of aliphatic imine (C=N–C) groups is 1. The van der Waals surface area contributed by atoms with Crippen molar-refractivity contribution in [3.8, 4) is 0 Å². The summed E-state index contributed by atoms with van der Waals surface area (Å²) in [5, 5.41) is 3.07.